The van der Waals surface area contributed by atoms with Gasteiger partial charge in [0, 0.05) is 0 Å². The second kappa shape index (κ2) is 17.9. The van der Waals surface area contributed by atoms with Crippen LogP contribution in [0.5, 0.6) is 0 Å². The predicted octanol–water partition coefficient (Wildman–Crippen LogP) is 15.4. The lowest BCUT2D eigenvalue weighted by atomic mass is 9.46. The van der Waals surface area contributed by atoms with Crippen molar-refractivity contribution >= 4 is 0 Å². The molecule has 0 amide bonds. The molecule has 0 bridgehead atoms. The third-order valence-electron chi connectivity index (χ3n) is 21.6. The molecule has 332 valence electrons. The molecule has 8 aliphatic rings. The van der Waals surface area contributed by atoms with Crippen LogP contribution in [0, 0.1) is 98.6 Å². The molecule has 0 aromatic heterocycles. The van der Waals surface area contributed by atoms with Crippen LogP contribution in [-0.2, 0) is 0 Å². The number of aliphatic hydroxyl groups is 2. The molecule has 0 unspecified atom stereocenters. The maximum absolute atomic E-state index is 10.2. The van der Waals surface area contributed by atoms with E-state index in [2.05, 4.69) is 88.3 Å². The van der Waals surface area contributed by atoms with Gasteiger partial charge in [0.1, 0.15) is 0 Å². The Balaban J connectivity index is 0.000000177. The summed E-state index contributed by atoms with van der Waals surface area (Å²) in [5.41, 5.74) is 5.20. The molecule has 0 spiro atoms. The van der Waals surface area contributed by atoms with Crippen LogP contribution in [0.15, 0.2) is 23.3 Å². The summed E-state index contributed by atoms with van der Waals surface area (Å²) in [4.78, 5) is 0. The number of allylic oxidation sites excluding steroid dienone is 2. The predicted molar refractivity (Wildman–Crippen MR) is 247 cm³/mol. The van der Waals surface area contributed by atoms with E-state index in [1.54, 1.807) is 11.1 Å². The Hall–Kier alpha value is -0.600. The zero-order valence-corrected chi connectivity index (χ0v) is 40.3. The normalized spacial score (nSPS) is 45.9. The van der Waals surface area contributed by atoms with Crippen molar-refractivity contribution in [2.45, 2.75) is 230 Å². The molecule has 2 N–H and O–H groups in total. The van der Waals surface area contributed by atoms with E-state index in [1.807, 2.05) is 0 Å². The highest BCUT2D eigenvalue weighted by molar-refractivity contribution is 5.27. The zero-order valence-electron chi connectivity index (χ0n) is 40.3. The molecule has 6 saturated carbocycles. The highest BCUT2D eigenvalue weighted by Gasteiger charge is 2.61. The average Bonchev–Trinajstić information content (AvgIpc) is 3.72. The van der Waals surface area contributed by atoms with E-state index >= 15 is 0 Å². The summed E-state index contributed by atoms with van der Waals surface area (Å²) in [6.07, 6.45) is 34.2. The standard InChI is InChI=1S/C29H50O.C27H46O/c1-7-21(19(2)3)9-8-20(4)25-12-13-26-24-11-10-22-18-23(30)14-16-28(22,5)27(24)15-17-29(25,26)6;1-18(2)7-6-8-19(3)23-11-12-24-22-10-9-20-17-21(28)13-15-26(20,4)25(22)14-16-27(23,24)5/h10,19-21,23-27,30H,7-9,11-18H2,1-6H3;17-19,21-25,28H,6-16H2,1-5H3/t20-,21-,23+,24+,25-,26+,27+,28+,29-;19-,21+,22+,23-,24+,25+,26+,27-/m11/s1. The Morgan fingerprint density at radius 1 is 0.603 bits per heavy atom. The number of rotatable bonds is 11. The Bertz CT molecular complexity index is 1440. The molecule has 0 aliphatic heterocycles. The molecule has 6 fully saturated rings. The van der Waals surface area contributed by atoms with E-state index in [0.29, 0.717) is 21.7 Å². The molecule has 17 atom stereocenters. The highest BCUT2D eigenvalue weighted by atomic mass is 16.3. The minimum absolute atomic E-state index is 0.0794. The maximum atomic E-state index is 10.2. The summed E-state index contributed by atoms with van der Waals surface area (Å²) in [6.45, 7) is 27.7. The van der Waals surface area contributed by atoms with Gasteiger partial charge in [0.05, 0.1) is 12.2 Å². The number of hydrogen-bond donors (Lipinski definition) is 2. The largest absolute Gasteiger partial charge is 0.393 e. The molecule has 0 aromatic carbocycles. The Labute approximate surface area is 360 Å². The van der Waals surface area contributed by atoms with E-state index in [9.17, 15) is 10.2 Å². The van der Waals surface area contributed by atoms with E-state index in [4.69, 9.17) is 0 Å². The molecular weight excluding hydrogens is 705 g/mol. The zero-order chi connectivity index (χ0) is 41.8. The first-order chi connectivity index (χ1) is 27.5. The van der Waals surface area contributed by atoms with Gasteiger partial charge in [0.2, 0.25) is 0 Å². The van der Waals surface area contributed by atoms with Gasteiger partial charge in [-0.3, -0.25) is 0 Å². The fraction of sp³-hybridized carbons (Fsp3) is 0.929. The third kappa shape index (κ3) is 8.32. The molecule has 2 heteroatoms. The van der Waals surface area contributed by atoms with Gasteiger partial charge < -0.3 is 10.2 Å². The van der Waals surface area contributed by atoms with E-state index in [-0.39, 0.29) is 12.2 Å². The lowest BCUT2D eigenvalue weighted by Crippen LogP contribution is -2.51. The number of fused-ring (bicyclic) bond motifs is 10. The SMILES string of the molecule is CC(C)CCC[C@@H](C)[C@H]1CC[C@H]2[C@@H]3CCC4=C[C@@H](O)CC[C@]4(C)[C@H]3CC[C@]12C.CC[C@H](CC[C@@H](C)[C@H]1CC[C@H]2[C@@H]3CC=C4C[C@@H](O)CC[C@]4(C)[C@H]3CC[C@]12C)C(C)C. The van der Waals surface area contributed by atoms with Gasteiger partial charge in [0.25, 0.3) is 0 Å². The van der Waals surface area contributed by atoms with Crippen LogP contribution in [0.2, 0.25) is 0 Å². The van der Waals surface area contributed by atoms with Gasteiger partial charge in [-0.1, -0.05) is 132 Å². The van der Waals surface area contributed by atoms with Crippen LogP contribution < -0.4 is 0 Å². The quantitative estimate of drug-likeness (QED) is 0.204. The molecular formula is C56H96O2. The summed E-state index contributed by atoms with van der Waals surface area (Å²) in [5, 5.41) is 20.4. The van der Waals surface area contributed by atoms with Crippen molar-refractivity contribution in [2.24, 2.45) is 98.6 Å². The van der Waals surface area contributed by atoms with Crippen molar-refractivity contribution in [2.75, 3.05) is 0 Å². The first kappa shape index (κ1) is 45.4. The van der Waals surface area contributed by atoms with Crippen molar-refractivity contribution < 1.29 is 10.2 Å². The van der Waals surface area contributed by atoms with Crippen LogP contribution in [0.4, 0.5) is 0 Å². The Kier molecular flexibility index (Phi) is 14.0. The maximum Gasteiger partial charge on any atom is 0.0724 e. The van der Waals surface area contributed by atoms with E-state index in [1.165, 1.54) is 122 Å². The monoisotopic (exact) mass is 801 g/mol. The number of hydrogen-bond acceptors (Lipinski definition) is 2. The Morgan fingerprint density at radius 2 is 1.19 bits per heavy atom. The van der Waals surface area contributed by atoms with Crippen molar-refractivity contribution in [3.8, 4) is 0 Å². The second-order valence-corrected chi connectivity index (χ2v) is 25.0. The van der Waals surface area contributed by atoms with Gasteiger partial charge in [-0.05, 0) is 208 Å². The summed E-state index contributed by atoms with van der Waals surface area (Å²) in [7, 11) is 0. The van der Waals surface area contributed by atoms with Crippen LogP contribution >= 0.6 is 0 Å². The number of aliphatic hydroxyl groups excluding tert-OH is 2. The topological polar surface area (TPSA) is 40.5 Å². The first-order valence-corrected chi connectivity index (χ1v) is 26.2. The third-order valence-corrected chi connectivity index (χ3v) is 21.6. The molecule has 8 aliphatic carbocycles. The highest BCUT2D eigenvalue weighted by Crippen LogP contribution is 2.69. The molecule has 58 heavy (non-hydrogen) atoms. The van der Waals surface area contributed by atoms with E-state index < -0.39 is 0 Å². The van der Waals surface area contributed by atoms with Crippen LogP contribution in [0.1, 0.15) is 217 Å². The molecule has 8 rings (SSSR count). The van der Waals surface area contributed by atoms with Gasteiger partial charge in [-0.2, -0.15) is 0 Å². The van der Waals surface area contributed by atoms with Crippen molar-refractivity contribution in [1.29, 1.82) is 0 Å². The molecule has 0 saturated heterocycles. The van der Waals surface area contributed by atoms with E-state index in [0.717, 1.165) is 96.2 Å². The van der Waals surface area contributed by atoms with Gasteiger partial charge >= 0.3 is 0 Å². The minimum atomic E-state index is -0.170. The summed E-state index contributed by atoms with van der Waals surface area (Å²) >= 11 is 0. The summed E-state index contributed by atoms with van der Waals surface area (Å²) in [5.74, 6) is 11.8. The van der Waals surface area contributed by atoms with Crippen molar-refractivity contribution in [1.82, 2.24) is 0 Å². The van der Waals surface area contributed by atoms with Crippen molar-refractivity contribution in [3.63, 3.8) is 0 Å². The molecule has 2 nitrogen and oxygen atoms in total. The van der Waals surface area contributed by atoms with Crippen molar-refractivity contribution in [3.05, 3.63) is 23.3 Å². The lowest BCUT2D eigenvalue weighted by molar-refractivity contribution is -0.0626. The first-order valence-electron chi connectivity index (χ1n) is 26.2. The minimum Gasteiger partial charge on any atom is -0.393 e. The van der Waals surface area contributed by atoms with Crippen LogP contribution in [0.25, 0.3) is 0 Å². The summed E-state index contributed by atoms with van der Waals surface area (Å²) in [6, 6.07) is 0. The van der Waals surface area contributed by atoms with Crippen LogP contribution in [0.3, 0.4) is 0 Å². The molecule has 0 aromatic rings. The van der Waals surface area contributed by atoms with Gasteiger partial charge in [-0.15, -0.1) is 0 Å². The van der Waals surface area contributed by atoms with Gasteiger partial charge in [-0.25, -0.2) is 0 Å². The Morgan fingerprint density at radius 3 is 1.81 bits per heavy atom. The molecule has 0 heterocycles. The fourth-order valence-corrected chi connectivity index (χ4v) is 18.0. The lowest BCUT2D eigenvalue weighted by Gasteiger charge is -2.59. The van der Waals surface area contributed by atoms with Crippen LogP contribution in [-0.4, -0.2) is 22.4 Å². The molecule has 0 radical (unpaired) electrons. The summed E-state index contributed by atoms with van der Waals surface area (Å²) < 4.78 is 0. The fourth-order valence-electron chi connectivity index (χ4n) is 18.0. The average molecular weight is 801 g/mol. The smallest absolute Gasteiger partial charge is 0.0724 e. The van der Waals surface area contributed by atoms with Gasteiger partial charge in [0.15, 0.2) is 0 Å². The second-order valence-electron chi connectivity index (χ2n) is 25.0.